The second-order valence-corrected chi connectivity index (χ2v) is 6.89. The maximum atomic E-state index is 5.73. The average Bonchev–Trinajstić information content (AvgIpc) is 2.71. The van der Waals surface area contributed by atoms with Gasteiger partial charge < -0.3 is 25.0 Å². The predicted octanol–water partition coefficient (Wildman–Crippen LogP) is 3.17. The van der Waals surface area contributed by atoms with Gasteiger partial charge in [-0.1, -0.05) is 30.3 Å². The first-order chi connectivity index (χ1) is 13.8. The van der Waals surface area contributed by atoms with Crippen LogP contribution < -0.4 is 10.6 Å². The SMILES string of the molecule is CCNC(=NCCCCOCCc1ccccc1)NCCN(C)CCCOC.I. The van der Waals surface area contributed by atoms with Gasteiger partial charge in [0.25, 0.3) is 0 Å². The number of methoxy groups -OCH3 is 1. The molecule has 0 aromatic heterocycles. The molecule has 0 atom stereocenters. The molecular formula is C22H41IN4O2. The minimum Gasteiger partial charge on any atom is -0.385 e. The van der Waals surface area contributed by atoms with E-state index < -0.39 is 0 Å². The van der Waals surface area contributed by atoms with E-state index >= 15 is 0 Å². The molecule has 1 rings (SSSR count). The maximum Gasteiger partial charge on any atom is 0.191 e. The molecule has 6 nitrogen and oxygen atoms in total. The van der Waals surface area contributed by atoms with Gasteiger partial charge in [-0.2, -0.15) is 0 Å². The highest BCUT2D eigenvalue weighted by Gasteiger charge is 2.00. The van der Waals surface area contributed by atoms with E-state index in [-0.39, 0.29) is 24.0 Å². The molecule has 0 aliphatic rings. The molecule has 7 heteroatoms. The predicted molar refractivity (Wildman–Crippen MR) is 134 cm³/mol. The molecule has 0 spiro atoms. The number of guanidine groups is 1. The van der Waals surface area contributed by atoms with Crippen LogP contribution in [-0.4, -0.2) is 77.6 Å². The summed E-state index contributed by atoms with van der Waals surface area (Å²) in [5, 5.41) is 6.71. The van der Waals surface area contributed by atoms with Gasteiger partial charge in [0, 0.05) is 53.0 Å². The molecule has 0 aliphatic heterocycles. The van der Waals surface area contributed by atoms with Crippen LogP contribution in [-0.2, 0) is 15.9 Å². The highest BCUT2D eigenvalue weighted by atomic mass is 127. The third-order valence-corrected chi connectivity index (χ3v) is 4.36. The third-order valence-electron chi connectivity index (χ3n) is 4.36. The average molecular weight is 521 g/mol. The fraction of sp³-hybridized carbons (Fsp3) is 0.682. The molecule has 0 heterocycles. The minimum atomic E-state index is 0. The number of hydrogen-bond acceptors (Lipinski definition) is 4. The van der Waals surface area contributed by atoms with Gasteiger partial charge in [0.1, 0.15) is 0 Å². The van der Waals surface area contributed by atoms with Gasteiger partial charge >= 0.3 is 0 Å². The van der Waals surface area contributed by atoms with Crippen LogP contribution in [0.25, 0.3) is 0 Å². The Morgan fingerprint density at radius 3 is 2.52 bits per heavy atom. The first-order valence-electron chi connectivity index (χ1n) is 10.6. The van der Waals surface area contributed by atoms with Crippen LogP contribution in [0.2, 0.25) is 0 Å². The van der Waals surface area contributed by atoms with Crippen molar-refractivity contribution in [2.45, 2.75) is 32.6 Å². The van der Waals surface area contributed by atoms with E-state index in [2.05, 4.69) is 58.8 Å². The van der Waals surface area contributed by atoms with Crippen LogP contribution in [0.5, 0.6) is 0 Å². The smallest absolute Gasteiger partial charge is 0.191 e. The minimum absolute atomic E-state index is 0. The van der Waals surface area contributed by atoms with Crippen molar-refractivity contribution in [3.05, 3.63) is 35.9 Å². The lowest BCUT2D eigenvalue weighted by Gasteiger charge is -2.18. The number of ether oxygens (including phenoxy) is 2. The number of aliphatic imine (C=N–C) groups is 1. The highest BCUT2D eigenvalue weighted by molar-refractivity contribution is 14.0. The molecule has 0 unspecified atom stereocenters. The summed E-state index contributed by atoms with van der Waals surface area (Å²) in [6.07, 6.45) is 4.13. The zero-order valence-corrected chi connectivity index (χ0v) is 20.8. The fourth-order valence-electron chi connectivity index (χ4n) is 2.74. The third kappa shape index (κ3) is 16.6. The Morgan fingerprint density at radius 1 is 1.00 bits per heavy atom. The van der Waals surface area contributed by atoms with Crippen molar-refractivity contribution in [3.63, 3.8) is 0 Å². The summed E-state index contributed by atoms with van der Waals surface area (Å²) in [5.41, 5.74) is 1.33. The number of nitrogens with zero attached hydrogens (tertiary/aromatic N) is 2. The van der Waals surface area contributed by atoms with E-state index in [0.717, 1.165) is 84.2 Å². The molecule has 29 heavy (non-hydrogen) atoms. The molecule has 1 aromatic rings. The van der Waals surface area contributed by atoms with Crippen molar-refractivity contribution in [2.75, 3.05) is 66.7 Å². The van der Waals surface area contributed by atoms with Crippen molar-refractivity contribution in [3.8, 4) is 0 Å². The fourth-order valence-corrected chi connectivity index (χ4v) is 2.74. The molecule has 0 saturated carbocycles. The van der Waals surface area contributed by atoms with Gasteiger partial charge in [-0.05, 0) is 45.2 Å². The lowest BCUT2D eigenvalue weighted by atomic mass is 10.2. The van der Waals surface area contributed by atoms with Crippen LogP contribution in [0.15, 0.2) is 35.3 Å². The molecule has 0 amide bonds. The first-order valence-corrected chi connectivity index (χ1v) is 10.6. The number of rotatable bonds is 16. The number of halogens is 1. The topological polar surface area (TPSA) is 58.1 Å². The van der Waals surface area contributed by atoms with Crippen LogP contribution in [0.4, 0.5) is 0 Å². The first kappa shape index (κ1) is 28.1. The second-order valence-electron chi connectivity index (χ2n) is 6.89. The van der Waals surface area contributed by atoms with Crippen molar-refractivity contribution in [1.82, 2.24) is 15.5 Å². The Morgan fingerprint density at radius 2 is 1.79 bits per heavy atom. The zero-order chi connectivity index (χ0) is 20.3. The van der Waals surface area contributed by atoms with Crippen LogP contribution in [0.3, 0.4) is 0 Å². The monoisotopic (exact) mass is 520 g/mol. The standard InChI is InChI=1S/C22H40N4O2.HI/c1-4-23-22(25-15-17-26(2)16-10-18-27-3)24-14-8-9-19-28-20-13-21-11-6-5-7-12-21;/h5-7,11-12H,4,8-10,13-20H2,1-3H3,(H2,23,24,25);1H. The second kappa shape index (κ2) is 20.4. The Balaban J connectivity index is 0.00000784. The summed E-state index contributed by atoms with van der Waals surface area (Å²) in [7, 11) is 3.89. The summed E-state index contributed by atoms with van der Waals surface area (Å²) < 4.78 is 10.8. The molecule has 1 aromatic carbocycles. The van der Waals surface area contributed by atoms with Gasteiger partial charge in [0.05, 0.1) is 6.61 Å². The Labute approximate surface area is 194 Å². The van der Waals surface area contributed by atoms with Gasteiger partial charge in [-0.25, -0.2) is 0 Å². The molecule has 0 fully saturated rings. The van der Waals surface area contributed by atoms with Gasteiger partial charge in [-0.15, -0.1) is 24.0 Å². The summed E-state index contributed by atoms with van der Waals surface area (Å²) in [4.78, 5) is 6.96. The van der Waals surface area contributed by atoms with E-state index in [1.807, 2.05) is 6.07 Å². The molecule has 0 radical (unpaired) electrons. The molecular weight excluding hydrogens is 479 g/mol. The Bertz CT molecular complexity index is 503. The zero-order valence-electron chi connectivity index (χ0n) is 18.5. The summed E-state index contributed by atoms with van der Waals surface area (Å²) >= 11 is 0. The van der Waals surface area contributed by atoms with Crippen LogP contribution >= 0.6 is 24.0 Å². The van der Waals surface area contributed by atoms with Gasteiger partial charge in [-0.3, -0.25) is 4.99 Å². The lowest BCUT2D eigenvalue weighted by Crippen LogP contribution is -2.41. The van der Waals surface area contributed by atoms with Gasteiger partial charge in [0.2, 0.25) is 0 Å². The largest absolute Gasteiger partial charge is 0.385 e. The molecule has 0 bridgehead atoms. The summed E-state index contributed by atoms with van der Waals surface area (Å²) in [5.74, 6) is 0.901. The Hall–Kier alpha value is -0.900. The quantitative estimate of drug-likeness (QED) is 0.152. The molecule has 0 aliphatic carbocycles. The maximum absolute atomic E-state index is 5.73. The number of hydrogen-bond donors (Lipinski definition) is 2. The normalized spacial score (nSPS) is 11.4. The lowest BCUT2D eigenvalue weighted by molar-refractivity contribution is 0.134. The number of likely N-dealkylation sites (N-methyl/N-ethyl adjacent to an activating group) is 1. The summed E-state index contributed by atoms with van der Waals surface area (Å²) in [6.45, 7) is 9.12. The highest BCUT2D eigenvalue weighted by Crippen LogP contribution is 2.00. The van der Waals surface area contributed by atoms with E-state index in [1.54, 1.807) is 7.11 Å². The summed E-state index contributed by atoms with van der Waals surface area (Å²) in [6, 6.07) is 10.5. The van der Waals surface area contributed by atoms with Gasteiger partial charge in [0.15, 0.2) is 5.96 Å². The molecule has 168 valence electrons. The number of nitrogens with one attached hydrogen (secondary N) is 2. The molecule has 0 saturated heterocycles. The van der Waals surface area contributed by atoms with Crippen molar-refractivity contribution >= 4 is 29.9 Å². The van der Waals surface area contributed by atoms with E-state index in [0.29, 0.717) is 0 Å². The van der Waals surface area contributed by atoms with Crippen LogP contribution in [0, 0.1) is 0 Å². The van der Waals surface area contributed by atoms with Crippen molar-refractivity contribution < 1.29 is 9.47 Å². The number of benzene rings is 1. The van der Waals surface area contributed by atoms with Crippen molar-refractivity contribution in [1.29, 1.82) is 0 Å². The Kier molecular flexibility index (Phi) is 19.7. The molecule has 2 N–H and O–H groups in total. The number of unbranched alkanes of at least 4 members (excludes halogenated alkanes) is 1. The van der Waals surface area contributed by atoms with E-state index in [9.17, 15) is 0 Å². The van der Waals surface area contributed by atoms with E-state index in [1.165, 1.54) is 5.56 Å². The van der Waals surface area contributed by atoms with Crippen molar-refractivity contribution in [2.24, 2.45) is 4.99 Å². The van der Waals surface area contributed by atoms with Crippen LogP contribution in [0.1, 0.15) is 31.7 Å². The van der Waals surface area contributed by atoms with E-state index in [4.69, 9.17) is 9.47 Å².